The van der Waals surface area contributed by atoms with Crippen LogP contribution in [-0.2, 0) is 12.8 Å². The quantitative estimate of drug-likeness (QED) is 0.676. The van der Waals surface area contributed by atoms with Crippen LogP contribution in [-0.4, -0.2) is 16.3 Å². The first kappa shape index (κ1) is 12.7. The van der Waals surface area contributed by atoms with Crippen LogP contribution < -0.4 is 5.73 Å². The third-order valence-corrected chi connectivity index (χ3v) is 3.40. The SMILES string of the molecule is Cn1cc(SCc2ccc(C#CCN)cc2)cn1. The van der Waals surface area contributed by atoms with Crippen LogP contribution in [0.4, 0.5) is 0 Å². The number of benzene rings is 1. The Balaban J connectivity index is 1.94. The molecule has 0 aliphatic rings. The molecule has 92 valence electrons. The number of rotatable bonds is 3. The average molecular weight is 257 g/mol. The summed E-state index contributed by atoms with van der Waals surface area (Å²) in [5.41, 5.74) is 7.63. The molecule has 0 bridgehead atoms. The molecule has 0 unspecified atom stereocenters. The van der Waals surface area contributed by atoms with Gasteiger partial charge in [-0.05, 0) is 17.7 Å². The Bertz CT molecular complexity index is 561. The van der Waals surface area contributed by atoms with Crippen LogP contribution in [0, 0.1) is 11.8 Å². The minimum Gasteiger partial charge on any atom is -0.320 e. The highest BCUT2D eigenvalue weighted by Crippen LogP contribution is 2.21. The second kappa shape index (κ2) is 6.29. The van der Waals surface area contributed by atoms with Gasteiger partial charge in [-0.3, -0.25) is 4.68 Å². The number of hydrogen-bond donors (Lipinski definition) is 1. The van der Waals surface area contributed by atoms with Gasteiger partial charge in [0, 0.05) is 29.5 Å². The summed E-state index contributed by atoms with van der Waals surface area (Å²) in [5, 5.41) is 4.14. The lowest BCUT2D eigenvalue weighted by molar-refractivity contribution is 0.766. The normalized spacial score (nSPS) is 9.89. The number of thioether (sulfide) groups is 1. The fraction of sp³-hybridized carbons (Fsp3) is 0.214. The van der Waals surface area contributed by atoms with Crippen molar-refractivity contribution in [3.8, 4) is 11.8 Å². The Morgan fingerprint density at radius 3 is 2.72 bits per heavy atom. The third-order valence-electron chi connectivity index (χ3n) is 2.38. The fourth-order valence-electron chi connectivity index (χ4n) is 1.48. The molecule has 0 amide bonds. The molecule has 0 fully saturated rings. The molecule has 18 heavy (non-hydrogen) atoms. The van der Waals surface area contributed by atoms with Crippen LogP contribution in [0.1, 0.15) is 11.1 Å². The second-order valence-electron chi connectivity index (χ2n) is 3.84. The molecule has 0 aliphatic heterocycles. The molecule has 2 aromatic rings. The van der Waals surface area contributed by atoms with E-state index in [4.69, 9.17) is 5.73 Å². The molecule has 1 aromatic heterocycles. The van der Waals surface area contributed by atoms with Gasteiger partial charge in [-0.15, -0.1) is 11.8 Å². The zero-order chi connectivity index (χ0) is 12.8. The Morgan fingerprint density at radius 2 is 2.11 bits per heavy atom. The van der Waals surface area contributed by atoms with E-state index in [0.29, 0.717) is 6.54 Å². The van der Waals surface area contributed by atoms with Gasteiger partial charge >= 0.3 is 0 Å². The van der Waals surface area contributed by atoms with E-state index >= 15 is 0 Å². The van der Waals surface area contributed by atoms with Gasteiger partial charge in [-0.1, -0.05) is 24.0 Å². The van der Waals surface area contributed by atoms with Crippen molar-refractivity contribution in [1.82, 2.24) is 9.78 Å². The van der Waals surface area contributed by atoms with Gasteiger partial charge < -0.3 is 5.73 Å². The first-order chi connectivity index (χ1) is 8.78. The number of aromatic nitrogens is 2. The summed E-state index contributed by atoms with van der Waals surface area (Å²) in [6.45, 7) is 0.401. The molecule has 0 saturated carbocycles. The van der Waals surface area contributed by atoms with Crippen molar-refractivity contribution in [1.29, 1.82) is 0 Å². The molecule has 0 saturated heterocycles. The van der Waals surface area contributed by atoms with Gasteiger partial charge in [-0.25, -0.2) is 0 Å². The smallest absolute Gasteiger partial charge is 0.0625 e. The van der Waals surface area contributed by atoms with E-state index < -0.39 is 0 Å². The molecule has 0 radical (unpaired) electrons. The van der Waals surface area contributed by atoms with Gasteiger partial charge in [-0.2, -0.15) is 5.10 Å². The summed E-state index contributed by atoms with van der Waals surface area (Å²) in [4.78, 5) is 1.18. The average Bonchev–Trinajstić information content (AvgIpc) is 2.81. The first-order valence-electron chi connectivity index (χ1n) is 5.67. The minimum absolute atomic E-state index is 0.401. The van der Waals surface area contributed by atoms with Gasteiger partial charge in [0.15, 0.2) is 0 Å². The van der Waals surface area contributed by atoms with E-state index in [9.17, 15) is 0 Å². The van der Waals surface area contributed by atoms with Crippen LogP contribution >= 0.6 is 11.8 Å². The van der Waals surface area contributed by atoms with Gasteiger partial charge in [0.25, 0.3) is 0 Å². The number of nitrogens with zero attached hydrogens (tertiary/aromatic N) is 2. The molecule has 0 aliphatic carbocycles. The van der Waals surface area contributed by atoms with Crippen LogP contribution in [0.3, 0.4) is 0 Å². The predicted octanol–water partition coefficient (Wildman–Crippen LogP) is 2.02. The van der Waals surface area contributed by atoms with Crippen molar-refractivity contribution >= 4 is 11.8 Å². The van der Waals surface area contributed by atoms with E-state index in [1.807, 2.05) is 36.3 Å². The van der Waals surface area contributed by atoms with Gasteiger partial charge in [0.2, 0.25) is 0 Å². The standard InChI is InChI=1S/C14H15N3S/c1-17-10-14(9-16-17)18-11-13-6-4-12(5-7-13)3-2-8-15/h4-7,9-10H,8,11,15H2,1H3. The van der Waals surface area contributed by atoms with E-state index in [2.05, 4.69) is 29.1 Å². The van der Waals surface area contributed by atoms with Crippen molar-refractivity contribution < 1.29 is 0 Å². The molecule has 0 atom stereocenters. The molecule has 3 nitrogen and oxygen atoms in total. The Morgan fingerprint density at radius 1 is 1.33 bits per heavy atom. The van der Waals surface area contributed by atoms with Crippen LogP contribution in [0.15, 0.2) is 41.6 Å². The maximum absolute atomic E-state index is 5.34. The summed E-state index contributed by atoms with van der Waals surface area (Å²) < 4.78 is 1.81. The summed E-state index contributed by atoms with van der Waals surface area (Å²) in [6.07, 6.45) is 3.90. The molecule has 2 rings (SSSR count). The predicted molar refractivity (Wildman–Crippen MR) is 75.1 cm³/mol. The van der Waals surface area contributed by atoms with E-state index in [0.717, 1.165) is 11.3 Å². The van der Waals surface area contributed by atoms with E-state index in [1.165, 1.54) is 10.5 Å². The molecular formula is C14H15N3S. The highest BCUT2D eigenvalue weighted by atomic mass is 32.2. The second-order valence-corrected chi connectivity index (χ2v) is 4.89. The van der Waals surface area contributed by atoms with Crippen molar-refractivity contribution in [2.24, 2.45) is 12.8 Å². The molecule has 1 aromatic carbocycles. The highest BCUT2D eigenvalue weighted by molar-refractivity contribution is 7.98. The summed E-state index contributed by atoms with van der Waals surface area (Å²) >= 11 is 1.78. The van der Waals surface area contributed by atoms with Crippen LogP contribution in [0.5, 0.6) is 0 Å². The maximum atomic E-state index is 5.34. The summed E-state index contributed by atoms with van der Waals surface area (Å²) in [6, 6.07) is 8.26. The zero-order valence-corrected chi connectivity index (χ0v) is 11.1. The van der Waals surface area contributed by atoms with Crippen LogP contribution in [0.2, 0.25) is 0 Å². The topological polar surface area (TPSA) is 43.8 Å². The van der Waals surface area contributed by atoms with Gasteiger partial charge in [0.1, 0.15) is 0 Å². The summed E-state index contributed by atoms with van der Waals surface area (Å²) in [7, 11) is 1.93. The van der Waals surface area contributed by atoms with Crippen molar-refractivity contribution in [3.63, 3.8) is 0 Å². The van der Waals surface area contributed by atoms with Crippen LogP contribution in [0.25, 0.3) is 0 Å². The largest absolute Gasteiger partial charge is 0.320 e. The number of aryl methyl sites for hydroxylation is 1. The number of hydrogen-bond acceptors (Lipinski definition) is 3. The zero-order valence-electron chi connectivity index (χ0n) is 10.3. The minimum atomic E-state index is 0.401. The third kappa shape index (κ3) is 3.66. The maximum Gasteiger partial charge on any atom is 0.0625 e. The molecule has 1 heterocycles. The van der Waals surface area contributed by atoms with E-state index in [-0.39, 0.29) is 0 Å². The van der Waals surface area contributed by atoms with Crippen molar-refractivity contribution in [2.75, 3.05) is 6.54 Å². The Labute approximate surface area is 111 Å². The Hall–Kier alpha value is -1.70. The molecule has 4 heteroatoms. The monoisotopic (exact) mass is 257 g/mol. The Kier molecular flexibility index (Phi) is 4.46. The lowest BCUT2D eigenvalue weighted by atomic mass is 10.1. The van der Waals surface area contributed by atoms with Crippen molar-refractivity contribution in [2.45, 2.75) is 10.6 Å². The highest BCUT2D eigenvalue weighted by Gasteiger charge is 1.98. The van der Waals surface area contributed by atoms with Crippen molar-refractivity contribution in [3.05, 3.63) is 47.8 Å². The fourth-order valence-corrected chi connectivity index (χ4v) is 2.35. The lowest BCUT2D eigenvalue weighted by Crippen LogP contribution is -1.93. The lowest BCUT2D eigenvalue weighted by Gasteiger charge is -1.99. The molecular weight excluding hydrogens is 242 g/mol. The first-order valence-corrected chi connectivity index (χ1v) is 6.66. The summed E-state index contributed by atoms with van der Waals surface area (Å²) in [5.74, 6) is 6.80. The molecule has 0 spiro atoms. The van der Waals surface area contributed by atoms with Gasteiger partial charge in [0.05, 0.1) is 12.7 Å². The number of nitrogens with two attached hydrogens (primary N) is 1. The van der Waals surface area contributed by atoms with E-state index in [1.54, 1.807) is 11.8 Å². The molecule has 2 N–H and O–H groups in total.